The van der Waals surface area contributed by atoms with E-state index in [1.54, 1.807) is 0 Å². The predicted octanol–water partition coefficient (Wildman–Crippen LogP) is 3.73. The van der Waals surface area contributed by atoms with Crippen LogP contribution in [0.25, 0.3) is 0 Å². The van der Waals surface area contributed by atoms with Gasteiger partial charge in [-0.15, -0.1) is 0 Å². The van der Waals surface area contributed by atoms with Crippen molar-refractivity contribution >= 4 is 23.2 Å². The highest BCUT2D eigenvalue weighted by molar-refractivity contribution is 6.07. The molecule has 0 aromatic heterocycles. The van der Waals surface area contributed by atoms with Crippen molar-refractivity contribution in [2.75, 3.05) is 10.2 Å². The summed E-state index contributed by atoms with van der Waals surface area (Å²) in [6.07, 6.45) is 1.72. The molecule has 1 saturated carbocycles. The Morgan fingerprint density at radius 3 is 2.46 bits per heavy atom. The molecule has 0 spiro atoms. The number of rotatable bonds is 4. The van der Waals surface area contributed by atoms with E-state index in [0.717, 1.165) is 18.9 Å². The summed E-state index contributed by atoms with van der Waals surface area (Å²) in [6, 6.07) is 9.39. The Hall–Kier alpha value is -2.76. The van der Waals surface area contributed by atoms with Crippen molar-refractivity contribution in [3.8, 4) is 0 Å². The molecule has 2 amide bonds. The molecular weight excluding hydrogens is 314 g/mol. The van der Waals surface area contributed by atoms with Crippen LogP contribution < -0.4 is 10.2 Å². The Balaban J connectivity index is 1.95. The highest BCUT2D eigenvalue weighted by Crippen LogP contribution is 2.36. The zero-order valence-corrected chi connectivity index (χ0v) is 13.1. The van der Waals surface area contributed by atoms with E-state index in [1.807, 2.05) is 0 Å². The van der Waals surface area contributed by atoms with Gasteiger partial charge < -0.3 is 10.2 Å². The van der Waals surface area contributed by atoms with Crippen LogP contribution in [0.1, 0.15) is 30.1 Å². The van der Waals surface area contributed by atoms with E-state index in [4.69, 9.17) is 0 Å². The first-order chi connectivity index (χ1) is 11.5. The molecule has 124 valence electrons. The van der Waals surface area contributed by atoms with Crippen molar-refractivity contribution in [1.29, 1.82) is 0 Å². The Bertz CT molecular complexity index is 803. The summed E-state index contributed by atoms with van der Waals surface area (Å²) in [5.41, 5.74) is 0.412. The van der Waals surface area contributed by atoms with E-state index in [9.17, 15) is 18.4 Å². The number of hydrogen-bond donors (Lipinski definition) is 1. The number of hydrogen-bond acceptors (Lipinski definition) is 2. The van der Waals surface area contributed by atoms with Gasteiger partial charge in [-0.2, -0.15) is 0 Å². The zero-order chi connectivity index (χ0) is 17.3. The molecule has 0 aliphatic heterocycles. The first kappa shape index (κ1) is 16.1. The van der Waals surface area contributed by atoms with Crippen LogP contribution in [0.5, 0.6) is 0 Å². The van der Waals surface area contributed by atoms with Gasteiger partial charge >= 0.3 is 0 Å². The second-order valence-corrected chi connectivity index (χ2v) is 5.72. The molecule has 0 heterocycles. The van der Waals surface area contributed by atoms with Crippen LogP contribution in [-0.4, -0.2) is 17.9 Å². The molecule has 0 atom stereocenters. The fourth-order valence-electron chi connectivity index (χ4n) is 2.61. The van der Waals surface area contributed by atoms with E-state index in [-0.39, 0.29) is 23.2 Å². The largest absolute Gasteiger partial charge is 0.320 e. The van der Waals surface area contributed by atoms with Crippen molar-refractivity contribution in [1.82, 2.24) is 0 Å². The third-order valence-corrected chi connectivity index (χ3v) is 3.84. The zero-order valence-electron chi connectivity index (χ0n) is 13.1. The van der Waals surface area contributed by atoms with Gasteiger partial charge in [-0.3, -0.25) is 9.59 Å². The van der Waals surface area contributed by atoms with Crippen molar-refractivity contribution < 1.29 is 18.4 Å². The van der Waals surface area contributed by atoms with Gasteiger partial charge in [0.2, 0.25) is 5.91 Å². The average Bonchev–Trinajstić information content (AvgIpc) is 3.34. The molecule has 2 aromatic carbocycles. The van der Waals surface area contributed by atoms with E-state index >= 15 is 0 Å². The molecule has 1 aliphatic carbocycles. The number of amides is 2. The second kappa shape index (κ2) is 6.39. The van der Waals surface area contributed by atoms with Crippen LogP contribution >= 0.6 is 0 Å². The maximum Gasteiger partial charge on any atom is 0.258 e. The van der Waals surface area contributed by atoms with Gasteiger partial charge in [-0.1, -0.05) is 12.1 Å². The number of anilines is 2. The van der Waals surface area contributed by atoms with Gasteiger partial charge in [-0.05, 0) is 43.2 Å². The number of nitrogens with zero attached hydrogens (tertiary/aromatic N) is 1. The Morgan fingerprint density at radius 2 is 1.83 bits per heavy atom. The van der Waals surface area contributed by atoms with Crippen LogP contribution in [-0.2, 0) is 4.79 Å². The molecule has 0 unspecified atom stereocenters. The minimum Gasteiger partial charge on any atom is -0.320 e. The molecule has 6 heteroatoms. The lowest BCUT2D eigenvalue weighted by Gasteiger charge is -2.24. The molecule has 0 saturated heterocycles. The lowest BCUT2D eigenvalue weighted by atomic mass is 10.1. The van der Waals surface area contributed by atoms with Crippen molar-refractivity contribution in [3.05, 3.63) is 59.7 Å². The number of carbonyl (C=O) groups excluding carboxylic acids is 2. The average molecular weight is 330 g/mol. The molecule has 1 fully saturated rings. The number of carbonyl (C=O) groups is 2. The van der Waals surface area contributed by atoms with Crippen molar-refractivity contribution in [3.63, 3.8) is 0 Å². The molecule has 1 N–H and O–H groups in total. The quantitative estimate of drug-likeness (QED) is 0.928. The Kier molecular flexibility index (Phi) is 4.29. The number of halogens is 2. The Labute approximate surface area is 138 Å². The second-order valence-electron chi connectivity index (χ2n) is 5.72. The molecule has 0 radical (unpaired) electrons. The monoisotopic (exact) mass is 330 g/mol. The highest BCUT2D eigenvalue weighted by atomic mass is 19.1. The van der Waals surface area contributed by atoms with E-state index in [2.05, 4.69) is 5.32 Å². The molecule has 0 bridgehead atoms. The lowest BCUT2D eigenvalue weighted by molar-refractivity contribution is -0.116. The minimum absolute atomic E-state index is 0.0528. The molecule has 24 heavy (non-hydrogen) atoms. The minimum atomic E-state index is -0.695. The number of nitrogens with one attached hydrogen (secondary N) is 1. The molecule has 2 aromatic rings. The summed E-state index contributed by atoms with van der Waals surface area (Å²) < 4.78 is 27.4. The summed E-state index contributed by atoms with van der Waals surface area (Å²) in [4.78, 5) is 25.8. The predicted molar refractivity (Wildman–Crippen MR) is 86.9 cm³/mol. The van der Waals surface area contributed by atoms with E-state index < -0.39 is 17.5 Å². The maximum absolute atomic E-state index is 13.7. The lowest BCUT2D eigenvalue weighted by Crippen LogP contribution is -2.31. The molecule has 3 rings (SSSR count). The van der Waals surface area contributed by atoms with Gasteiger partial charge in [-0.25, -0.2) is 8.78 Å². The summed E-state index contributed by atoms with van der Waals surface area (Å²) >= 11 is 0. The molecular formula is C18H16F2N2O2. The van der Waals surface area contributed by atoms with Crippen LogP contribution in [0.4, 0.5) is 20.2 Å². The third kappa shape index (κ3) is 3.27. The smallest absolute Gasteiger partial charge is 0.258 e. The normalized spacial score (nSPS) is 13.5. The van der Waals surface area contributed by atoms with Gasteiger partial charge in [0.1, 0.15) is 11.6 Å². The van der Waals surface area contributed by atoms with Crippen LogP contribution in [0.15, 0.2) is 42.5 Å². The van der Waals surface area contributed by atoms with Crippen LogP contribution in [0.3, 0.4) is 0 Å². The van der Waals surface area contributed by atoms with Crippen molar-refractivity contribution in [2.24, 2.45) is 0 Å². The first-order valence-electron chi connectivity index (χ1n) is 7.62. The maximum atomic E-state index is 13.7. The summed E-state index contributed by atoms with van der Waals surface area (Å²) in [5, 5.41) is 2.51. The molecule has 4 nitrogen and oxygen atoms in total. The topological polar surface area (TPSA) is 49.4 Å². The van der Waals surface area contributed by atoms with Gasteiger partial charge in [0.15, 0.2) is 0 Å². The van der Waals surface area contributed by atoms with Gasteiger partial charge in [0.05, 0.1) is 16.9 Å². The van der Waals surface area contributed by atoms with E-state index in [0.29, 0.717) is 5.69 Å². The standard InChI is InChI=1S/C18H16F2N2O2/c1-11(23)22(13-7-8-13)17-9-6-12(19)10-16(17)21-18(24)14-4-2-3-5-15(14)20/h2-6,9-10,13H,7-8H2,1H3,(H,21,24). The van der Waals surface area contributed by atoms with Crippen LogP contribution in [0.2, 0.25) is 0 Å². The fourth-order valence-corrected chi connectivity index (χ4v) is 2.61. The first-order valence-corrected chi connectivity index (χ1v) is 7.62. The van der Waals surface area contributed by atoms with Gasteiger partial charge in [0, 0.05) is 13.0 Å². The fraction of sp³-hybridized carbons (Fsp3) is 0.222. The van der Waals surface area contributed by atoms with E-state index in [1.165, 1.54) is 48.2 Å². The summed E-state index contributed by atoms with van der Waals surface area (Å²) in [6.45, 7) is 1.42. The van der Waals surface area contributed by atoms with Gasteiger partial charge in [0.25, 0.3) is 5.91 Å². The number of benzene rings is 2. The van der Waals surface area contributed by atoms with Crippen LogP contribution in [0, 0.1) is 11.6 Å². The summed E-state index contributed by atoms with van der Waals surface area (Å²) in [7, 11) is 0. The Morgan fingerprint density at radius 1 is 1.12 bits per heavy atom. The summed E-state index contributed by atoms with van der Waals surface area (Å²) in [5.74, 6) is -2.11. The van der Waals surface area contributed by atoms with Crippen molar-refractivity contribution in [2.45, 2.75) is 25.8 Å². The SMILES string of the molecule is CC(=O)N(c1ccc(F)cc1NC(=O)c1ccccc1F)C1CC1. The highest BCUT2D eigenvalue weighted by Gasteiger charge is 2.33. The third-order valence-electron chi connectivity index (χ3n) is 3.84. The molecule has 1 aliphatic rings.